The zero-order valence-corrected chi connectivity index (χ0v) is 19.4. The molecule has 0 radical (unpaired) electrons. The maximum absolute atomic E-state index is 12.9. The lowest BCUT2D eigenvalue weighted by Crippen LogP contribution is -2.45. The molecule has 2 aromatic carbocycles. The molecule has 1 aliphatic rings. The first-order valence-electron chi connectivity index (χ1n) is 13.8. The molecule has 0 spiro atoms. The molecule has 10 heteroatoms. The van der Waals surface area contributed by atoms with Crippen LogP contribution in [0.3, 0.4) is 0 Å². The summed E-state index contributed by atoms with van der Waals surface area (Å²) in [6.07, 6.45) is 3.95. The largest absolute Gasteiger partial charge is 0.496 e. The second kappa shape index (κ2) is 11.4. The lowest BCUT2D eigenvalue weighted by molar-refractivity contribution is 0.0951. The number of sulfonamides is 1. The van der Waals surface area contributed by atoms with E-state index in [-0.39, 0.29) is 30.3 Å². The third kappa shape index (κ3) is 7.10. The van der Waals surface area contributed by atoms with Gasteiger partial charge in [0.25, 0.3) is 15.9 Å². The minimum Gasteiger partial charge on any atom is -0.496 e. The number of methoxy groups -OCH3 is 1. The number of urea groups is 1. The fourth-order valence-electron chi connectivity index (χ4n) is 3.30. The predicted octanol–water partition coefficient (Wildman–Crippen LogP) is 3.64. The van der Waals surface area contributed by atoms with Crippen molar-refractivity contribution in [2.45, 2.75) is 49.5 Å². The van der Waals surface area contributed by atoms with Gasteiger partial charge >= 0.3 is 6.03 Å². The summed E-state index contributed by atoms with van der Waals surface area (Å²) >= 11 is 5.90. The van der Waals surface area contributed by atoms with Crippen LogP contribution in [-0.4, -0.2) is 40.1 Å². The number of halogens is 1. The predicted molar refractivity (Wildman–Crippen MR) is 126 cm³/mol. The summed E-state index contributed by atoms with van der Waals surface area (Å²) in [6.45, 7) is -0.264. The van der Waals surface area contributed by atoms with Crippen LogP contribution in [0.2, 0.25) is 5.02 Å². The van der Waals surface area contributed by atoms with E-state index in [0.717, 1.165) is 26.4 Å². The van der Waals surface area contributed by atoms with Crippen LogP contribution in [0.5, 0.6) is 5.75 Å². The van der Waals surface area contributed by atoms with Crippen molar-refractivity contribution in [1.82, 2.24) is 15.4 Å². The second-order valence-corrected chi connectivity index (χ2v) is 9.32. The van der Waals surface area contributed by atoms with Crippen molar-refractivity contribution >= 4 is 33.6 Å². The van der Waals surface area contributed by atoms with Gasteiger partial charge in [0.05, 0.1) is 27.2 Å². The van der Waals surface area contributed by atoms with Crippen molar-refractivity contribution in [2.24, 2.45) is 0 Å². The van der Waals surface area contributed by atoms with Crippen molar-refractivity contribution in [2.75, 3.05) is 13.7 Å². The molecule has 1 fully saturated rings. The monoisotopic (exact) mass is 500 g/mol. The van der Waals surface area contributed by atoms with Gasteiger partial charge in [-0.2, -0.15) is 0 Å². The molecule has 3 rings (SSSR count). The van der Waals surface area contributed by atoms with E-state index in [2.05, 4.69) is 10.6 Å². The molecule has 0 aromatic heterocycles. The number of ether oxygens (including phenoxy) is 1. The van der Waals surface area contributed by atoms with E-state index in [4.69, 9.17) is 25.9 Å². The minimum absolute atomic E-state index is 0.195. The highest BCUT2D eigenvalue weighted by atomic mass is 35.5. The lowest BCUT2D eigenvalue weighted by atomic mass is 9.96. The zero-order valence-electron chi connectivity index (χ0n) is 24.9. The smallest absolute Gasteiger partial charge is 0.328 e. The van der Waals surface area contributed by atoms with Crippen LogP contribution >= 0.6 is 11.6 Å². The molecule has 8 nitrogen and oxygen atoms in total. The van der Waals surface area contributed by atoms with Crippen LogP contribution in [0.15, 0.2) is 47.2 Å². The molecule has 1 aliphatic carbocycles. The van der Waals surface area contributed by atoms with E-state index in [9.17, 15) is 18.0 Å². The molecule has 2 aromatic rings. The summed E-state index contributed by atoms with van der Waals surface area (Å²) in [5.74, 6) is -1.23. The van der Waals surface area contributed by atoms with Crippen molar-refractivity contribution in [3.8, 4) is 5.75 Å². The van der Waals surface area contributed by atoms with Gasteiger partial charge in [-0.05, 0) is 55.0 Å². The van der Waals surface area contributed by atoms with Crippen molar-refractivity contribution < 1.29 is 32.3 Å². The van der Waals surface area contributed by atoms with Gasteiger partial charge in [-0.15, -0.1) is 0 Å². The summed E-state index contributed by atoms with van der Waals surface area (Å²) in [4.78, 5) is 24.1. The quantitative estimate of drug-likeness (QED) is 0.512. The van der Waals surface area contributed by atoms with E-state index >= 15 is 0 Å². The van der Waals surface area contributed by atoms with Crippen molar-refractivity contribution in [3.05, 3.63) is 58.4 Å². The first-order valence-corrected chi connectivity index (χ1v) is 12.1. The Hall–Kier alpha value is -2.78. The third-order valence-electron chi connectivity index (χ3n) is 4.93. The Kier molecular flexibility index (Phi) is 5.78. The fourth-order valence-corrected chi connectivity index (χ4v) is 4.21. The average molecular weight is 501 g/mol. The van der Waals surface area contributed by atoms with Gasteiger partial charge in [-0.1, -0.05) is 42.9 Å². The SMILES string of the molecule is [2H]c1c([2H])c(OC)c(C(=O)NCCc2c([2H])c([2H])c(S(=O)(=O)NC(=O)NC3CCCCC3)c([2H])c2[2H])c([2H])c1Cl. The molecule has 178 valence electrons. The Morgan fingerprint density at radius 1 is 1.12 bits per heavy atom. The molecular formula is C23H28ClN3O5S. The highest BCUT2D eigenvalue weighted by molar-refractivity contribution is 7.90. The summed E-state index contributed by atoms with van der Waals surface area (Å²) in [5, 5.41) is 4.56. The Balaban J connectivity index is 1.80. The number of nitrogens with one attached hydrogen (secondary N) is 3. The molecule has 3 N–H and O–H groups in total. The normalized spacial score (nSPS) is 17.3. The van der Waals surface area contributed by atoms with E-state index in [1.807, 2.05) is 0 Å². The van der Waals surface area contributed by atoms with Crippen LogP contribution in [0.1, 0.15) is 57.6 Å². The number of carbonyl (C=O) groups is 2. The summed E-state index contributed by atoms with van der Waals surface area (Å²) in [5.41, 5.74) is -0.591. The minimum atomic E-state index is -4.75. The Morgan fingerprint density at radius 3 is 2.48 bits per heavy atom. The molecule has 0 bridgehead atoms. The number of amides is 3. The zero-order chi connectivity index (χ0) is 29.9. The topological polar surface area (TPSA) is 114 Å². The highest BCUT2D eigenvalue weighted by Crippen LogP contribution is 2.22. The molecule has 0 unspecified atom stereocenters. The Bertz CT molecular complexity index is 1420. The van der Waals surface area contributed by atoms with E-state index in [1.54, 1.807) is 4.72 Å². The second-order valence-electron chi connectivity index (χ2n) is 7.32. The number of rotatable bonds is 8. The van der Waals surface area contributed by atoms with Gasteiger partial charge in [0, 0.05) is 17.6 Å². The van der Waals surface area contributed by atoms with E-state index in [1.165, 1.54) is 0 Å². The number of benzene rings is 2. The maximum atomic E-state index is 12.9. The summed E-state index contributed by atoms with van der Waals surface area (Å²) < 4.78 is 89.2. The fraction of sp³-hybridized carbons (Fsp3) is 0.391. The van der Waals surface area contributed by atoms with Crippen LogP contribution in [0, 0.1) is 0 Å². The average Bonchev–Trinajstić information content (AvgIpc) is 2.90. The lowest BCUT2D eigenvalue weighted by Gasteiger charge is -2.22. The first kappa shape index (κ1) is 16.8. The third-order valence-corrected chi connectivity index (χ3v) is 6.31. The molecule has 1 saturated carbocycles. The van der Waals surface area contributed by atoms with Gasteiger partial charge in [-0.25, -0.2) is 17.9 Å². The van der Waals surface area contributed by atoms with Crippen molar-refractivity contribution in [1.29, 1.82) is 0 Å². The number of hydrogen-bond acceptors (Lipinski definition) is 5. The highest BCUT2D eigenvalue weighted by Gasteiger charge is 2.21. The van der Waals surface area contributed by atoms with Gasteiger partial charge in [0.1, 0.15) is 5.75 Å². The Labute approximate surface area is 208 Å². The van der Waals surface area contributed by atoms with Gasteiger partial charge in [0.2, 0.25) is 0 Å². The van der Waals surface area contributed by atoms with Crippen molar-refractivity contribution in [3.63, 3.8) is 0 Å². The van der Waals surface area contributed by atoms with E-state index in [0.29, 0.717) is 12.8 Å². The van der Waals surface area contributed by atoms with Gasteiger partial charge in [0.15, 0.2) is 0 Å². The van der Waals surface area contributed by atoms with Crippen LogP contribution in [-0.2, 0) is 16.4 Å². The molecule has 0 heterocycles. The van der Waals surface area contributed by atoms with Gasteiger partial charge in [-0.3, -0.25) is 4.79 Å². The van der Waals surface area contributed by atoms with E-state index < -0.39 is 79.7 Å². The first-order chi connectivity index (χ1) is 18.7. The molecule has 0 saturated heterocycles. The molecule has 0 atom stereocenters. The Morgan fingerprint density at radius 2 is 1.82 bits per heavy atom. The number of carbonyl (C=O) groups excluding carboxylic acids is 2. The summed E-state index contributed by atoms with van der Waals surface area (Å²) in [6, 6.07) is -5.84. The molecule has 0 aliphatic heterocycles. The van der Waals surface area contributed by atoms with Crippen LogP contribution in [0.25, 0.3) is 0 Å². The standard InChI is InChI=1S/C23H28ClN3O5S/c1-32-21-12-9-17(24)15-20(21)22(28)25-14-13-16-7-10-19(11-8-16)33(30,31)27-23(29)26-18-5-3-2-4-6-18/h7-12,15,18H,2-6,13-14H2,1H3,(H,25,28)(H2,26,27,29)/i7D,8D,9D,10D,11D,12D,15D. The summed E-state index contributed by atoms with van der Waals surface area (Å²) in [7, 11) is -3.60. The molecule has 3 amide bonds. The van der Waals surface area contributed by atoms with Crippen LogP contribution < -0.4 is 20.1 Å². The molecular weight excluding hydrogens is 466 g/mol. The van der Waals surface area contributed by atoms with Gasteiger partial charge < -0.3 is 15.4 Å². The molecule has 33 heavy (non-hydrogen) atoms. The maximum Gasteiger partial charge on any atom is 0.328 e. The number of hydrogen-bond donors (Lipinski definition) is 3. The van der Waals surface area contributed by atoms with Crippen LogP contribution in [0.4, 0.5) is 4.79 Å².